The van der Waals surface area contributed by atoms with Crippen LogP contribution in [0.4, 0.5) is 8.78 Å². The first-order valence-corrected chi connectivity index (χ1v) is 11.9. The number of ketones is 1. The summed E-state index contributed by atoms with van der Waals surface area (Å²) in [5, 5.41) is 15.1. The molecule has 35 heavy (non-hydrogen) atoms. The van der Waals surface area contributed by atoms with Crippen LogP contribution in [0, 0.1) is 5.41 Å². The number of rotatable bonds is 6. The maximum Gasteiger partial charge on any atom is 0.286 e. The third kappa shape index (κ3) is 3.74. The monoisotopic (exact) mass is 500 g/mol. The quantitative estimate of drug-likeness (QED) is 0.462. The third-order valence-electron chi connectivity index (χ3n) is 7.63. The van der Waals surface area contributed by atoms with Crippen LogP contribution < -0.4 is 4.74 Å². The molecule has 0 spiro atoms. The molecule has 3 saturated carbocycles. The highest BCUT2D eigenvalue weighted by Crippen LogP contribution is 2.75. The standard InChI is InChI=1S/C26H23ClF2N2O4/c1-24(28,29)22-5-2-14(10-30-22)17-7-23(35-31-17)26-11-25(12-26,13-26)9-19(33)21-8-18(32)16-6-15(27)3-4-20(16)34-21/h2-7,10,18,21,32H,8-9,11-13H2,1H3/t18-,21-,25?,26?/m1/s1. The molecule has 9 heteroatoms. The van der Waals surface area contributed by atoms with E-state index in [9.17, 15) is 18.7 Å². The molecule has 1 N–H and O–H groups in total. The van der Waals surface area contributed by atoms with Crippen molar-refractivity contribution in [3.8, 4) is 17.0 Å². The number of pyridine rings is 1. The van der Waals surface area contributed by atoms with Crippen molar-refractivity contribution in [3.05, 3.63) is 64.6 Å². The molecule has 182 valence electrons. The first-order chi connectivity index (χ1) is 16.6. The van der Waals surface area contributed by atoms with E-state index in [2.05, 4.69) is 10.1 Å². The highest BCUT2D eigenvalue weighted by Gasteiger charge is 2.70. The summed E-state index contributed by atoms with van der Waals surface area (Å²) in [5.74, 6) is -1.75. The van der Waals surface area contributed by atoms with Gasteiger partial charge in [-0.05, 0) is 55.0 Å². The number of aromatic nitrogens is 2. The fourth-order valence-corrected chi connectivity index (χ4v) is 6.19. The number of nitrogens with zero attached hydrogens (tertiary/aromatic N) is 2. The number of ether oxygens (including phenoxy) is 1. The predicted molar refractivity (Wildman–Crippen MR) is 122 cm³/mol. The van der Waals surface area contributed by atoms with E-state index in [1.165, 1.54) is 12.3 Å². The number of carbonyl (C=O) groups excluding carboxylic acids is 1. The lowest BCUT2D eigenvalue weighted by Gasteiger charge is -2.69. The zero-order valence-electron chi connectivity index (χ0n) is 18.9. The van der Waals surface area contributed by atoms with Gasteiger partial charge in [-0.25, -0.2) is 0 Å². The Bertz CT molecular complexity index is 1300. The van der Waals surface area contributed by atoms with Gasteiger partial charge in [-0.2, -0.15) is 8.78 Å². The summed E-state index contributed by atoms with van der Waals surface area (Å²) in [6.07, 6.45) is 2.99. The number of Topliss-reactive ketones (excluding diaryl/α,β-unsaturated/α-hetero) is 1. The topological polar surface area (TPSA) is 85.5 Å². The van der Waals surface area contributed by atoms with Gasteiger partial charge in [-0.15, -0.1) is 0 Å². The summed E-state index contributed by atoms with van der Waals surface area (Å²) in [6, 6.07) is 9.74. The van der Waals surface area contributed by atoms with Crippen molar-refractivity contribution in [2.75, 3.05) is 0 Å². The van der Waals surface area contributed by atoms with E-state index in [1.807, 2.05) is 6.07 Å². The number of benzene rings is 1. The molecule has 1 aromatic carbocycles. The molecule has 3 fully saturated rings. The van der Waals surface area contributed by atoms with E-state index < -0.39 is 18.1 Å². The van der Waals surface area contributed by atoms with Gasteiger partial charge in [-0.3, -0.25) is 9.78 Å². The lowest BCUT2D eigenvalue weighted by atomic mass is 9.33. The van der Waals surface area contributed by atoms with E-state index in [0.717, 1.165) is 31.9 Å². The van der Waals surface area contributed by atoms with Gasteiger partial charge in [0, 0.05) is 53.6 Å². The SMILES string of the molecule is CC(F)(F)c1ccc(-c2cc(C34CC(CC(=O)[C@H]5C[C@@H](O)c6cc(Cl)ccc6O5)(C3)C4)on2)cn1. The van der Waals surface area contributed by atoms with Crippen molar-refractivity contribution < 1.29 is 27.9 Å². The van der Waals surface area contributed by atoms with Crippen LogP contribution in [0.2, 0.25) is 5.02 Å². The molecule has 0 amide bonds. The average Bonchev–Trinajstić information content (AvgIpc) is 3.25. The Hall–Kier alpha value is -2.84. The van der Waals surface area contributed by atoms with E-state index in [4.69, 9.17) is 20.9 Å². The Morgan fingerprint density at radius 2 is 2.00 bits per heavy atom. The van der Waals surface area contributed by atoms with Crippen LogP contribution in [0.5, 0.6) is 5.75 Å². The maximum atomic E-state index is 13.4. The Kier molecular flexibility index (Phi) is 4.90. The zero-order valence-corrected chi connectivity index (χ0v) is 19.7. The van der Waals surface area contributed by atoms with Crippen LogP contribution in [-0.4, -0.2) is 27.1 Å². The minimum absolute atomic E-state index is 0.00454. The van der Waals surface area contributed by atoms with Crippen molar-refractivity contribution in [2.45, 2.75) is 62.6 Å². The van der Waals surface area contributed by atoms with Gasteiger partial charge in [0.2, 0.25) is 0 Å². The number of hydrogen-bond donors (Lipinski definition) is 1. The second-order valence-electron chi connectivity index (χ2n) is 10.4. The molecule has 3 aliphatic carbocycles. The first-order valence-electron chi connectivity index (χ1n) is 11.5. The van der Waals surface area contributed by atoms with Crippen LogP contribution in [-0.2, 0) is 16.1 Å². The van der Waals surface area contributed by atoms with Crippen LogP contribution in [0.1, 0.15) is 62.1 Å². The molecule has 0 saturated heterocycles. The molecule has 2 aromatic heterocycles. The van der Waals surface area contributed by atoms with Crippen molar-refractivity contribution in [1.82, 2.24) is 10.1 Å². The van der Waals surface area contributed by atoms with E-state index in [0.29, 0.717) is 34.0 Å². The normalized spacial score (nSPS) is 28.9. The Morgan fingerprint density at radius 1 is 1.23 bits per heavy atom. The van der Waals surface area contributed by atoms with Crippen molar-refractivity contribution in [2.24, 2.45) is 5.41 Å². The molecule has 4 aliphatic rings. The van der Waals surface area contributed by atoms with Gasteiger partial charge < -0.3 is 14.4 Å². The van der Waals surface area contributed by atoms with Gasteiger partial charge >= 0.3 is 0 Å². The molecule has 0 radical (unpaired) electrons. The highest BCUT2D eigenvalue weighted by molar-refractivity contribution is 6.30. The number of fused-ring (bicyclic) bond motifs is 1. The van der Waals surface area contributed by atoms with Gasteiger partial charge in [0.05, 0.1) is 6.10 Å². The Morgan fingerprint density at radius 3 is 2.69 bits per heavy atom. The minimum Gasteiger partial charge on any atom is -0.482 e. The number of hydrogen-bond acceptors (Lipinski definition) is 6. The van der Waals surface area contributed by atoms with Gasteiger partial charge in [0.1, 0.15) is 22.9 Å². The van der Waals surface area contributed by atoms with Crippen LogP contribution in [0.25, 0.3) is 11.3 Å². The molecule has 1 aliphatic heterocycles. The molecule has 6 nitrogen and oxygen atoms in total. The van der Waals surface area contributed by atoms with E-state index in [-0.39, 0.29) is 28.7 Å². The smallest absolute Gasteiger partial charge is 0.286 e. The van der Waals surface area contributed by atoms with Gasteiger partial charge in [0.15, 0.2) is 11.9 Å². The number of alkyl halides is 2. The fourth-order valence-electron chi connectivity index (χ4n) is 6.01. The molecular formula is C26H23ClF2N2O4. The predicted octanol–water partition coefficient (Wildman–Crippen LogP) is 5.77. The van der Waals surface area contributed by atoms with E-state index >= 15 is 0 Å². The molecule has 3 heterocycles. The fraction of sp³-hybridized carbons (Fsp3) is 0.423. The molecular weight excluding hydrogens is 478 g/mol. The molecule has 3 aromatic rings. The summed E-state index contributed by atoms with van der Waals surface area (Å²) in [7, 11) is 0. The number of carbonyl (C=O) groups is 1. The van der Waals surface area contributed by atoms with Gasteiger partial charge in [-0.1, -0.05) is 16.8 Å². The first kappa shape index (κ1) is 22.6. The van der Waals surface area contributed by atoms with E-state index in [1.54, 1.807) is 24.3 Å². The average molecular weight is 501 g/mol. The second-order valence-corrected chi connectivity index (χ2v) is 10.8. The Balaban J connectivity index is 1.09. The summed E-state index contributed by atoms with van der Waals surface area (Å²) in [4.78, 5) is 16.9. The van der Waals surface area contributed by atoms with Crippen LogP contribution in [0.15, 0.2) is 47.1 Å². The van der Waals surface area contributed by atoms with Crippen molar-refractivity contribution in [3.63, 3.8) is 0 Å². The Labute approximate surface area is 205 Å². The largest absolute Gasteiger partial charge is 0.482 e. The molecule has 7 rings (SSSR count). The number of aliphatic hydroxyl groups excluding tert-OH is 1. The lowest BCUT2D eigenvalue weighted by molar-refractivity contribution is -0.170. The minimum atomic E-state index is -3.00. The number of aliphatic hydroxyl groups is 1. The summed E-state index contributed by atoms with van der Waals surface area (Å²) >= 11 is 6.01. The zero-order chi connectivity index (χ0) is 24.6. The third-order valence-corrected chi connectivity index (χ3v) is 7.86. The van der Waals surface area contributed by atoms with Crippen molar-refractivity contribution >= 4 is 17.4 Å². The molecule has 2 atom stereocenters. The van der Waals surface area contributed by atoms with Crippen LogP contribution in [0.3, 0.4) is 0 Å². The lowest BCUT2D eigenvalue weighted by Crippen LogP contribution is -2.65. The van der Waals surface area contributed by atoms with Gasteiger partial charge in [0.25, 0.3) is 5.92 Å². The summed E-state index contributed by atoms with van der Waals surface area (Å²) < 4.78 is 38.3. The molecule has 2 bridgehead atoms. The highest BCUT2D eigenvalue weighted by atomic mass is 35.5. The van der Waals surface area contributed by atoms with Crippen LogP contribution >= 0.6 is 11.6 Å². The second kappa shape index (κ2) is 7.58. The maximum absolute atomic E-state index is 13.4. The number of halogens is 3. The molecule has 0 unspecified atom stereocenters. The summed E-state index contributed by atoms with van der Waals surface area (Å²) in [5.41, 5.74) is 1.27. The van der Waals surface area contributed by atoms with Crippen molar-refractivity contribution in [1.29, 1.82) is 0 Å². The summed E-state index contributed by atoms with van der Waals surface area (Å²) in [6.45, 7) is 0.810.